The summed E-state index contributed by atoms with van der Waals surface area (Å²) >= 11 is 3.23. The molecule has 218 valence electrons. The fourth-order valence-electron chi connectivity index (χ4n) is 3.40. The van der Waals surface area contributed by atoms with Gasteiger partial charge in [0.25, 0.3) is 0 Å². The largest absolute Gasteiger partial charge is 0.462 e. The summed E-state index contributed by atoms with van der Waals surface area (Å²) in [6.45, 7) is 7.00. The molecule has 0 aliphatic carbocycles. The van der Waals surface area contributed by atoms with Crippen molar-refractivity contribution in [2.75, 3.05) is 37.9 Å². The van der Waals surface area contributed by atoms with E-state index >= 15 is 0 Å². The molecule has 12 nitrogen and oxygen atoms in total. The Labute approximate surface area is 247 Å². The lowest BCUT2D eigenvalue weighted by molar-refractivity contribution is 0.0481. The molecule has 0 aromatic carbocycles. The summed E-state index contributed by atoms with van der Waals surface area (Å²) in [6, 6.07) is 3.53. The molecule has 3 aromatic heterocycles. The third-order valence-corrected chi connectivity index (χ3v) is 7.83. The fourth-order valence-corrected chi connectivity index (χ4v) is 5.94. The van der Waals surface area contributed by atoms with Crippen molar-refractivity contribution in [2.24, 2.45) is 9.98 Å². The maximum atomic E-state index is 12.6. The quantitative estimate of drug-likeness (QED) is 0.154. The molecule has 0 fully saturated rings. The summed E-state index contributed by atoms with van der Waals surface area (Å²) < 4.78 is 20.3. The lowest BCUT2D eigenvalue weighted by atomic mass is 10.1. The van der Waals surface area contributed by atoms with Gasteiger partial charge in [0.1, 0.15) is 42.3 Å². The van der Waals surface area contributed by atoms with Crippen LogP contribution >= 0.6 is 34.0 Å². The Balaban J connectivity index is 1.91. The SMILES string of the molecule is CCOC(=O)c1c(N)sc(/N=C/c2ccc(/C=N/c3sc(N)c(C(=O)OCC)c3C(=O)OCC)s2)c1C(=O)OCC. The summed E-state index contributed by atoms with van der Waals surface area (Å²) in [6.07, 6.45) is 3.02. The van der Waals surface area contributed by atoms with Crippen molar-refractivity contribution in [3.63, 3.8) is 0 Å². The molecule has 15 heteroatoms. The van der Waals surface area contributed by atoms with E-state index in [2.05, 4.69) is 9.98 Å². The van der Waals surface area contributed by atoms with Crippen LogP contribution in [-0.2, 0) is 18.9 Å². The van der Waals surface area contributed by atoms with Gasteiger partial charge in [-0.15, -0.1) is 11.3 Å². The van der Waals surface area contributed by atoms with E-state index in [0.29, 0.717) is 9.75 Å². The minimum atomic E-state index is -0.733. The van der Waals surface area contributed by atoms with Crippen LogP contribution in [0.25, 0.3) is 0 Å². The highest BCUT2D eigenvalue weighted by atomic mass is 32.1. The molecule has 0 amide bonds. The second-order valence-electron chi connectivity index (χ2n) is 7.68. The number of nitrogens with zero attached hydrogens (tertiary/aromatic N) is 2. The lowest BCUT2D eigenvalue weighted by Crippen LogP contribution is -2.13. The maximum absolute atomic E-state index is 12.6. The van der Waals surface area contributed by atoms with E-state index < -0.39 is 23.9 Å². The van der Waals surface area contributed by atoms with E-state index in [1.54, 1.807) is 39.8 Å². The van der Waals surface area contributed by atoms with Crippen molar-refractivity contribution < 1.29 is 38.1 Å². The molecule has 3 heterocycles. The summed E-state index contributed by atoms with van der Waals surface area (Å²) in [5, 5.41) is 0.583. The third kappa shape index (κ3) is 7.36. The van der Waals surface area contributed by atoms with Gasteiger partial charge >= 0.3 is 23.9 Å². The van der Waals surface area contributed by atoms with E-state index in [0.717, 1.165) is 22.7 Å². The zero-order chi connectivity index (χ0) is 30.1. The van der Waals surface area contributed by atoms with Gasteiger partial charge in [0.2, 0.25) is 0 Å². The van der Waals surface area contributed by atoms with Crippen molar-refractivity contribution in [3.05, 3.63) is 44.1 Å². The number of hydrogen-bond donors (Lipinski definition) is 2. The Bertz CT molecular complexity index is 1390. The number of carbonyl (C=O) groups is 4. The number of carbonyl (C=O) groups excluding carboxylic acids is 4. The Morgan fingerprint density at radius 1 is 0.610 bits per heavy atom. The van der Waals surface area contributed by atoms with Crippen molar-refractivity contribution in [1.29, 1.82) is 0 Å². The first-order chi connectivity index (χ1) is 19.7. The average Bonchev–Trinajstić information content (AvgIpc) is 3.61. The van der Waals surface area contributed by atoms with Crippen molar-refractivity contribution >= 4 is 90.3 Å². The molecule has 4 N–H and O–H groups in total. The Hall–Kier alpha value is -4.08. The smallest absolute Gasteiger partial charge is 0.342 e. The van der Waals surface area contributed by atoms with Gasteiger partial charge in [-0.2, -0.15) is 0 Å². The number of anilines is 2. The molecule has 0 aliphatic heterocycles. The van der Waals surface area contributed by atoms with Gasteiger partial charge in [-0.05, 0) is 39.8 Å². The van der Waals surface area contributed by atoms with Gasteiger partial charge in [0.05, 0.1) is 26.4 Å². The Morgan fingerprint density at radius 2 is 0.927 bits per heavy atom. The summed E-state index contributed by atoms with van der Waals surface area (Å²) in [5.41, 5.74) is 11.8. The molecule has 0 spiro atoms. The van der Waals surface area contributed by atoms with Crippen LogP contribution in [-0.4, -0.2) is 62.7 Å². The molecule has 41 heavy (non-hydrogen) atoms. The van der Waals surface area contributed by atoms with E-state index in [1.807, 2.05) is 0 Å². The molecule has 0 unspecified atom stereocenters. The van der Waals surface area contributed by atoms with Crippen LogP contribution in [0.1, 0.15) is 78.9 Å². The molecular formula is C26H28N4O8S3. The van der Waals surface area contributed by atoms with Crippen molar-refractivity contribution in [1.82, 2.24) is 0 Å². The number of thiophene rings is 3. The number of nitrogen functional groups attached to an aromatic ring is 2. The Morgan fingerprint density at radius 3 is 1.24 bits per heavy atom. The van der Waals surface area contributed by atoms with E-state index in [9.17, 15) is 19.2 Å². The van der Waals surface area contributed by atoms with Gasteiger partial charge in [0.15, 0.2) is 0 Å². The predicted octanol–water partition coefficient (Wildman–Crippen LogP) is 5.24. The highest BCUT2D eigenvalue weighted by molar-refractivity contribution is 7.21. The standard InChI is InChI=1S/C26H28N4O8S3/c1-5-35-23(31)15-17(25(33)37-7-3)21(40-19(15)27)29-11-13-9-10-14(39-13)12-30-22-18(26(34)38-8-4)16(20(28)41-22)24(32)36-6-2/h9-12H,5-8,27-28H2,1-4H3/b29-11+,30-12+. The second kappa shape index (κ2) is 14.5. The minimum absolute atomic E-state index is 0.0541. The summed E-state index contributed by atoms with van der Waals surface area (Å²) in [4.78, 5) is 60.3. The molecule has 0 saturated carbocycles. The molecule has 3 aromatic rings. The molecule has 0 bridgehead atoms. The summed E-state index contributed by atoms with van der Waals surface area (Å²) in [7, 11) is 0. The molecule has 0 saturated heterocycles. The van der Waals surface area contributed by atoms with Gasteiger partial charge in [0, 0.05) is 22.2 Å². The highest BCUT2D eigenvalue weighted by Crippen LogP contribution is 2.40. The first-order valence-corrected chi connectivity index (χ1v) is 14.8. The number of ether oxygens (including phenoxy) is 4. The zero-order valence-corrected chi connectivity index (χ0v) is 25.1. The average molecular weight is 621 g/mol. The Kier molecular flexibility index (Phi) is 11.1. The number of hydrogen-bond acceptors (Lipinski definition) is 15. The van der Waals surface area contributed by atoms with Crippen LogP contribution < -0.4 is 11.5 Å². The number of esters is 4. The summed E-state index contributed by atoms with van der Waals surface area (Å²) in [5.74, 6) is -2.93. The van der Waals surface area contributed by atoms with E-state index in [-0.39, 0.29) is 68.7 Å². The fraction of sp³-hybridized carbons (Fsp3) is 0.308. The lowest BCUT2D eigenvalue weighted by Gasteiger charge is -2.05. The highest BCUT2D eigenvalue weighted by Gasteiger charge is 2.30. The van der Waals surface area contributed by atoms with Crippen LogP contribution in [0.15, 0.2) is 22.1 Å². The van der Waals surface area contributed by atoms with Gasteiger partial charge < -0.3 is 30.4 Å². The van der Waals surface area contributed by atoms with Gasteiger partial charge in [-0.25, -0.2) is 29.2 Å². The first kappa shape index (κ1) is 31.4. The minimum Gasteiger partial charge on any atom is -0.462 e. The van der Waals surface area contributed by atoms with E-state index in [1.165, 1.54) is 23.8 Å². The van der Waals surface area contributed by atoms with E-state index in [4.69, 9.17) is 30.4 Å². The number of rotatable bonds is 12. The number of aliphatic imine (C=N–C) groups is 2. The van der Waals surface area contributed by atoms with Crippen LogP contribution in [0.4, 0.5) is 20.0 Å². The van der Waals surface area contributed by atoms with Gasteiger partial charge in [-0.3, -0.25) is 0 Å². The van der Waals surface area contributed by atoms with Crippen molar-refractivity contribution in [2.45, 2.75) is 27.7 Å². The molecular weight excluding hydrogens is 593 g/mol. The molecule has 3 rings (SSSR count). The molecule has 0 aliphatic rings. The zero-order valence-electron chi connectivity index (χ0n) is 22.7. The predicted molar refractivity (Wildman–Crippen MR) is 160 cm³/mol. The maximum Gasteiger partial charge on any atom is 0.342 e. The van der Waals surface area contributed by atoms with Crippen LogP contribution in [0, 0.1) is 0 Å². The van der Waals surface area contributed by atoms with Gasteiger partial charge in [-0.1, -0.05) is 22.7 Å². The molecule has 0 atom stereocenters. The first-order valence-electron chi connectivity index (χ1n) is 12.4. The van der Waals surface area contributed by atoms with Crippen LogP contribution in [0.3, 0.4) is 0 Å². The number of nitrogens with two attached hydrogens (primary N) is 2. The molecule has 0 radical (unpaired) electrons. The van der Waals surface area contributed by atoms with Crippen LogP contribution in [0.5, 0.6) is 0 Å². The normalized spacial score (nSPS) is 11.2. The topological polar surface area (TPSA) is 182 Å². The van der Waals surface area contributed by atoms with Crippen LogP contribution in [0.2, 0.25) is 0 Å². The second-order valence-corrected chi connectivity index (χ2v) is 10.9. The third-order valence-electron chi connectivity index (χ3n) is 5.02. The van der Waals surface area contributed by atoms with Crippen molar-refractivity contribution in [3.8, 4) is 0 Å². The monoisotopic (exact) mass is 620 g/mol.